The molecule has 7 nitrogen and oxygen atoms in total. The van der Waals surface area contributed by atoms with Crippen molar-refractivity contribution in [2.75, 3.05) is 46.1 Å². The molecule has 46 heavy (non-hydrogen) atoms. The Kier molecular flexibility index (Phi) is 33.0. The van der Waals surface area contributed by atoms with Crippen LogP contribution in [-0.2, 0) is 19.1 Å². The van der Waals surface area contributed by atoms with Crippen LogP contribution >= 0.6 is 11.8 Å². The fourth-order valence-electron chi connectivity index (χ4n) is 5.32. The van der Waals surface area contributed by atoms with Gasteiger partial charge in [0.1, 0.15) is 12.7 Å². The Morgan fingerprint density at radius 2 is 1.26 bits per heavy atom. The van der Waals surface area contributed by atoms with Gasteiger partial charge < -0.3 is 19.5 Å². The Labute approximate surface area is 289 Å². The van der Waals surface area contributed by atoms with Crippen LogP contribution in [0.1, 0.15) is 162 Å². The lowest BCUT2D eigenvalue weighted by Gasteiger charge is -2.28. The summed E-state index contributed by atoms with van der Waals surface area (Å²) in [7, 11) is 4.06. The number of aliphatic hydroxyl groups excluding tert-OH is 1. The summed E-state index contributed by atoms with van der Waals surface area (Å²) >= 11 is 1.51. The first-order valence-corrected chi connectivity index (χ1v) is 20.1. The lowest BCUT2D eigenvalue weighted by Crippen LogP contribution is -2.36. The molecule has 0 fully saturated rings. The van der Waals surface area contributed by atoms with Gasteiger partial charge in [-0.3, -0.25) is 14.5 Å². The minimum atomic E-state index is -0.667. The van der Waals surface area contributed by atoms with E-state index in [0.29, 0.717) is 26.1 Å². The molecule has 0 amide bonds. The van der Waals surface area contributed by atoms with E-state index in [0.717, 1.165) is 63.7 Å². The first-order chi connectivity index (χ1) is 22.3. The molecule has 0 spiro atoms. The molecular formula is C38H74N2O5S. The Morgan fingerprint density at radius 3 is 1.87 bits per heavy atom. The minimum Gasteiger partial charge on any atom is -0.462 e. The molecule has 1 unspecified atom stereocenters. The topological polar surface area (TPSA) is 79.3 Å². The van der Waals surface area contributed by atoms with Crippen LogP contribution in [0.4, 0.5) is 0 Å². The van der Waals surface area contributed by atoms with E-state index in [9.17, 15) is 14.7 Å². The molecule has 0 saturated carbocycles. The number of carbonyl (C=O) groups excluding carboxylic acids is 2. The van der Waals surface area contributed by atoms with E-state index in [1.807, 2.05) is 25.1 Å². The van der Waals surface area contributed by atoms with E-state index in [1.54, 1.807) is 0 Å². The summed E-state index contributed by atoms with van der Waals surface area (Å²) in [5.74, 6) is 0.506. The second-order valence-electron chi connectivity index (χ2n) is 13.1. The lowest BCUT2D eigenvalue weighted by atomic mass is 10.0. The lowest BCUT2D eigenvalue weighted by molar-refractivity contribution is -0.150. The molecule has 1 N–H and O–H groups in total. The Hall–Kier alpha value is -1.09. The van der Waals surface area contributed by atoms with Crippen LogP contribution in [0.25, 0.3) is 0 Å². The molecule has 0 saturated heterocycles. The number of allylic oxidation sites excluding steroid dienone is 1. The van der Waals surface area contributed by atoms with Crippen molar-refractivity contribution in [3.8, 4) is 0 Å². The molecule has 0 aromatic carbocycles. The van der Waals surface area contributed by atoms with Crippen molar-refractivity contribution in [2.45, 2.75) is 174 Å². The molecule has 0 aliphatic heterocycles. The fourth-order valence-corrected chi connectivity index (χ4v) is 6.42. The first kappa shape index (κ1) is 44.9. The third-order valence-electron chi connectivity index (χ3n) is 8.34. The van der Waals surface area contributed by atoms with Gasteiger partial charge in [-0.15, -0.1) is 11.8 Å². The highest BCUT2D eigenvalue weighted by Gasteiger charge is 2.20. The SMILES string of the molecule is CCCCCC/C=C\COC(=O)CCCCCN(CCC(=O)OC(CCCCCCC)CCCCCCC)C(O)SCCN(C)C. The predicted molar refractivity (Wildman–Crippen MR) is 197 cm³/mol. The Balaban J connectivity index is 4.68. The molecule has 0 aromatic rings. The molecule has 272 valence electrons. The van der Waals surface area contributed by atoms with Gasteiger partial charge in [-0.1, -0.05) is 110 Å². The first-order valence-electron chi connectivity index (χ1n) is 19.0. The Bertz CT molecular complexity index is 707. The molecule has 0 heterocycles. The van der Waals surface area contributed by atoms with Crippen molar-refractivity contribution in [3.05, 3.63) is 12.2 Å². The molecule has 8 heteroatoms. The van der Waals surface area contributed by atoms with E-state index in [-0.39, 0.29) is 24.5 Å². The number of rotatable bonds is 34. The smallest absolute Gasteiger partial charge is 0.307 e. The Morgan fingerprint density at radius 1 is 0.674 bits per heavy atom. The molecule has 0 aromatic heterocycles. The quantitative estimate of drug-likeness (QED) is 0.0314. The third-order valence-corrected chi connectivity index (χ3v) is 9.35. The summed E-state index contributed by atoms with van der Waals surface area (Å²) in [6.07, 6.45) is 27.3. The summed E-state index contributed by atoms with van der Waals surface area (Å²) in [5, 5.41) is 11.0. The van der Waals surface area contributed by atoms with Crippen LogP contribution in [-0.4, -0.2) is 84.6 Å². The summed E-state index contributed by atoms with van der Waals surface area (Å²) in [6.45, 7) is 9.06. The number of aliphatic hydroxyl groups is 1. The number of nitrogens with zero attached hydrogens (tertiary/aromatic N) is 2. The predicted octanol–water partition coefficient (Wildman–Crippen LogP) is 9.51. The van der Waals surface area contributed by atoms with Gasteiger partial charge in [-0.25, -0.2) is 0 Å². The maximum absolute atomic E-state index is 13.0. The molecule has 0 radical (unpaired) electrons. The standard InChI is InChI=1S/C38H74N2O5S/c1-6-9-12-15-16-19-25-33-44-36(41)28-23-20-24-30-40(38(43)46-34-32-39(4)5)31-29-37(42)45-35(26-21-17-13-10-7-2)27-22-18-14-11-8-3/h19,25,35,38,43H,6-18,20-24,26-34H2,1-5H3/b25-19-. The summed E-state index contributed by atoms with van der Waals surface area (Å²) in [4.78, 5) is 29.2. The van der Waals surface area contributed by atoms with E-state index in [4.69, 9.17) is 9.47 Å². The van der Waals surface area contributed by atoms with Crippen molar-refractivity contribution < 1.29 is 24.2 Å². The average Bonchev–Trinajstić information content (AvgIpc) is 3.02. The second kappa shape index (κ2) is 33.8. The van der Waals surface area contributed by atoms with E-state index < -0.39 is 5.56 Å². The zero-order valence-electron chi connectivity index (χ0n) is 30.8. The van der Waals surface area contributed by atoms with E-state index in [2.05, 4.69) is 31.7 Å². The van der Waals surface area contributed by atoms with Crippen molar-refractivity contribution in [3.63, 3.8) is 0 Å². The molecule has 0 rings (SSSR count). The van der Waals surface area contributed by atoms with Gasteiger partial charge in [0, 0.05) is 31.8 Å². The summed E-state index contributed by atoms with van der Waals surface area (Å²) < 4.78 is 11.4. The van der Waals surface area contributed by atoms with Gasteiger partial charge in [0.05, 0.1) is 6.42 Å². The van der Waals surface area contributed by atoms with Crippen LogP contribution < -0.4 is 0 Å². The number of unbranched alkanes of at least 4 members (excludes halogenated alkanes) is 14. The maximum atomic E-state index is 13.0. The fraction of sp³-hybridized carbons (Fsp3) is 0.895. The van der Waals surface area contributed by atoms with Gasteiger partial charge in [0.25, 0.3) is 0 Å². The van der Waals surface area contributed by atoms with Crippen molar-refractivity contribution in [1.82, 2.24) is 9.80 Å². The number of carbonyl (C=O) groups is 2. The highest BCUT2D eigenvalue weighted by molar-refractivity contribution is 7.99. The maximum Gasteiger partial charge on any atom is 0.307 e. The largest absolute Gasteiger partial charge is 0.462 e. The number of esters is 2. The van der Waals surface area contributed by atoms with Crippen LogP contribution in [0.2, 0.25) is 0 Å². The van der Waals surface area contributed by atoms with Crippen LogP contribution in [0.15, 0.2) is 12.2 Å². The summed E-state index contributed by atoms with van der Waals surface area (Å²) in [5.41, 5.74) is -0.667. The average molecular weight is 671 g/mol. The van der Waals surface area contributed by atoms with Crippen molar-refractivity contribution in [1.29, 1.82) is 0 Å². The molecule has 0 bridgehead atoms. The number of hydrogen-bond donors (Lipinski definition) is 1. The zero-order valence-corrected chi connectivity index (χ0v) is 31.6. The van der Waals surface area contributed by atoms with Crippen LogP contribution in [0, 0.1) is 0 Å². The summed E-state index contributed by atoms with van der Waals surface area (Å²) in [6, 6.07) is 0. The van der Waals surface area contributed by atoms with Gasteiger partial charge in [0.15, 0.2) is 5.56 Å². The van der Waals surface area contributed by atoms with E-state index in [1.165, 1.54) is 88.8 Å². The van der Waals surface area contributed by atoms with Gasteiger partial charge in [-0.05, 0) is 65.5 Å². The van der Waals surface area contributed by atoms with Gasteiger partial charge in [0.2, 0.25) is 0 Å². The van der Waals surface area contributed by atoms with Gasteiger partial charge >= 0.3 is 11.9 Å². The highest BCUT2D eigenvalue weighted by atomic mass is 32.2. The number of ether oxygens (including phenoxy) is 2. The third kappa shape index (κ3) is 30.3. The normalized spacial score (nSPS) is 12.5. The highest BCUT2D eigenvalue weighted by Crippen LogP contribution is 2.19. The minimum absolute atomic E-state index is 0.00429. The van der Waals surface area contributed by atoms with Crippen molar-refractivity contribution in [2.24, 2.45) is 0 Å². The monoisotopic (exact) mass is 671 g/mol. The molecule has 1 atom stereocenters. The number of hydrogen-bond acceptors (Lipinski definition) is 8. The van der Waals surface area contributed by atoms with E-state index >= 15 is 0 Å². The zero-order chi connectivity index (χ0) is 34.1. The number of thioether (sulfide) groups is 1. The molecule has 0 aliphatic rings. The van der Waals surface area contributed by atoms with Crippen LogP contribution in [0.3, 0.4) is 0 Å². The van der Waals surface area contributed by atoms with Crippen LogP contribution in [0.5, 0.6) is 0 Å². The molecule has 0 aliphatic carbocycles. The van der Waals surface area contributed by atoms with Crippen molar-refractivity contribution >= 4 is 23.7 Å². The second-order valence-corrected chi connectivity index (χ2v) is 14.3. The molecular weight excluding hydrogens is 596 g/mol. The van der Waals surface area contributed by atoms with Gasteiger partial charge in [-0.2, -0.15) is 0 Å².